The molecule has 1 N–H and O–H groups in total. The lowest BCUT2D eigenvalue weighted by molar-refractivity contribution is 0.0697. The second-order valence-electron chi connectivity index (χ2n) is 8.23. The summed E-state index contributed by atoms with van der Waals surface area (Å²) in [5, 5.41) is 9.26. The van der Waals surface area contributed by atoms with Gasteiger partial charge in [0.05, 0.1) is 22.7 Å². The van der Waals surface area contributed by atoms with Gasteiger partial charge in [-0.3, -0.25) is 4.31 Å². The normalized spacial score (nSPS) is 12.7. The van der Waals surface area contributed by atoms with Crippen LogP contribution in [0, 0.1) is 0 Å². The van der Waals surface area contributed by atoms with E-state index in [9.17, 15) is 18.3 Å². The molecular weight excluding hydrogens is 478 g/mol. The van der Waals surface area contributed by atoms with Crippen LogP contribution in [0.5, 0.6) is 11.5 Å². The molecular formula is C28H23NO6S. The predicted molar refractivity (Wildman–Crippen MR) is 136 cm³/mol. The number of fused-ring (bicyclic) bond motifs is 1. The van der Waals surface area contributed by atoms with E-state index in [2.05, 4.69) is 0 Å². The Morgan fingerprint density at radius 3 is 2.08 bits per heavy atom. The second-order valence-corrected chi connectivity index (χ2v) is 10.1. The van der Waals surface area contributed by atoms with Gasteiger partial charge in [-0.2, -0.15) is 0 Å². The van der Waals surface area contributed by atoms with Gasteiger partial charge in [0.15, 0.2) is 11.5 Å². The molecule has 0 saturated carbocycles. The number of rotatable bonds is 7. The van der Waals surface area contributed by atoms with Crippen LogP contribution in [0.1, 0.15) is 15.9 Å². The number of hydrogen-bond acceptors (Lipinski definition) is 5. The van der Waals surface area contributed by atoms with Crippen LogP contribution in [-0.4, -0.2) is 32.7 Å². The fourth-order valence-electron chi connectivity index (χ4n) is 4.01. The molecule has 0 unspecified atom stereocenters. The zero-order valence-corrected chi connectivity index (χ0v) is 20.0. The summed E-state index contributed by atoms with van der Waals surface area (Å²) >= 11 is 0. The standard InChI is InChI=1S/C28H23NO6S/c30-28(31)23-7-11-24(12-8-23)29(19-20-6-15-26-27(18-20)35-17-16-34-26)36(32,33)25-13-9-22(10-14-25)21-4-2-1-3-5-21/h1-15,18H,16-17,19H2,(H,30,31). The van der Waals surface area contributed by atoms with E-state index in [-0.39, 0.29) is 17.0 Å². The minimum Gasteiger partial charge on any atom is -0.486 e. The Bertz CT molecular complexity index is 1480. The maximum absolute atomic E-state index is 13.8. The topological polar surface area (TPSA) is 93.1 Å². The van der Waals surface area contributed by atoms with Crippen molar-refractivity contribution < 1.29 is 27.8 Å². The van der Waals surface area contributed by atoms with Gasteiger partial charge < -0.3 is 14.6 Å². The summed E-state index contributed by atoms with van der Waals surface area (Å²) in [6.45, 7) is 0.899. The van der Waals surface area contributed by atoms with Crippen LogP contribution >= 0.6 is 0 Å². The fourth-order valence-corrected chi connectivity index (χ4v) is 5.47. The number of benzene rings is 4. The summed E-state index contributed by atoms with van der Waals surface area (Å²) in [4.78, 5) is 11.4. The van der Waals surface area contributed by atoms with Crippen molar-refractivity contribution in [2.45, 2.75) is 11.4 Å². The van der Waals surface area contributed by atoms with Gasteiger partial charge in [0.1, 0.15) is 13.2 Å². The lowest BCUT2D eigenvalue weighted by atomic mass is 10.1. The van der Waals surface area contributed by atoms with Crippen LogP contribution in [-0.2, 0) is 16.6 Å². The molecule has 0 aromatic heterocycles. The van der Waals surface area contributed by atoms with Crippen LogP contribution in [0.25, 0.3) is 11.1 Å². The third-order valence-electron chi connectivity index (χ3n) is 5.88. The van der Waals surface area contributed by atoms with Gasteiger partial charge in [-0.05, 0) is 65.2 Å². The third-order valence-corrected chi connectivity index (χ3v) is 7.67. The zero-order valence-electron chi connectivity index (χ0n) is 19.2. The van der Waals surface area contributed by atoms with Crippen LogP contribution in [0.2, 0.25) is 0 Å². The van der Waals surface area contributed by atoms with Gasteiger partial charge in [-0.25, -0.2) is 13.2 Å². The first kappa shape index (κ1) is 23.4. The molecule has 0 fully saturated rings. The molecule has 0 aliphatic carbocycles. The molecule has 1 aliphatic rings. The maximum Gasteiger partial charge on any atom is 0.335 e. The molecule has 4 aromatic rings. The minimum atomic E-state index is -3.99. The molecule has 0 atom stereocenters. The van der Waals surface area contributed by atoms with Crippen molar-refractivity contribution >= 4 is 21.7 Å². The molecule has 7 nitrogen and oxygen atoms in total. The van der Waals surface area contributed by atoms with Crippen molar-refractivity contribution in [3.8, 4) is 22.6 Å². The van der Waals surface area contributed by atoms with Crippen molar-refractivity contribution in [3.63, 3.8) is 0 Å². The number of ether oxygens (including phenoxy) is 2. The summed E-state index contributed by atoms with van der Waals surface area (Å²) < 4.78 is 40.2. The summed E-state index contributed by atoms with van der Waals surface area (Å²) in [5.41, 5.74) is 3.01. The van der Waals surface area contributed by atoms with E-state index in [1.54, 1.807) is 42.5 Å². The Kier molecular flexibility index (Phi) is 6.35. The monoisotopic (exact) mass is 501 g/mol. The number of aromatic carboxylic acids is 1. The Balaban J connectivity index is 1.52. The number of sulfonamides is 1. The highest BCUT2D eigenvalue weighted by Gasteiger charge is 2.26. The van der Waals surface area contributed by atoms with E-state index in [1.807, 2.05) is 30.3 Å². The zero-order chi connectivity index (χ0) is 25.1. The smallest absolute Gasteiger partial charge is 0.335 e. The van der Waals surface area contributed by atoms with Crippen LogP contribution in [0.4, 0.5) is 5.69 Å². The molecule has 0 bridgehead atoms. The molecule has 5 rings (SSSR count). The van der Waals surface area contributed by atoms with E-state index in [0.29, 0.717) is 36.0 Å². The van der Waals surface area contributed by atoms with Crippen molar-refractivity contribution in [1.29, 1.82) is 0 Å². The highest BCUT2D eigenvalue weighted by atomic mass is 32.2. The minimum absolute atomic E-state index is 0.0197. The summed E-state index contributed by atoms with van der Waals surface area (Å²) in [6.07, 6.45) is 0. The number of carboxylic acid groups (broad SMARTS) is 1. The lowest BCUT2D eigenvalue weighted by Crippen LogP contribution is -2.30. The average molecular weight is 502 g/mol. The fraction of sp³-hybridized carbons (Fsp3) is 0.107. The highest BCUT2D eigenvalue weighted by molar-refractivity contribution is 7.92. The van der Waals surface area contributed by atoms with E-state index < -0.39 is 16.0 Å². The average Bonchev–Trinajstić information content (AvgIpc) is 2.92. The van der Waals surface area contributed by atoms with Crippen LogP contribution < -0.4 is 13.8 Å². The lowest BCUT2D eigenvalue weighted by Gasteiger charge is -2.26. The van der Waals surface area contributed by atoms with Gasteiger partial charge in [-0.15, -0.1) is 0 Å². The SMILES string of the molecule is O=C(O)c1ccc(N(Cc2ccc3c(c2)OCCO3)S(=O)(=O)c2ccc(-c3ccccc3)cc2)cc1. The van der Waals surface area contributed by atoms with Crippen LogP contribution in [0.15, 0.2) is 102 Å². The maximum atomic E-state index is 13.8. The van der Waals surface area contributed by atoms with Gasteiger partial charge >= 0.3 is 5.97 Å². The Morgan fingerprint density at radius 1 is 0.778 bits per heavy atom. The molecule has 8 heteroatoms. The Hall–Kier alpha value is -4.30. The van der Waals surface area contributed by atoms with Crippen molar-refractivity contribution in [2.75, 3.05) is 17.5 Å². The number of nitrogens with zero attached hydrogens (tertiary/aromatic N) is 1. The first-order chi connectivity index (χ1) is 17.4. The highest BCUT2D eigenvalue weighted by Crippen LogP contribution is 2.33. The van der Waals surface area contributed by atoms with Crippen LogP contribution in [0.3, 0.4) is 0 Å². The molecule has 0 radical (unpaired) electrons. The van der Waals surface area contributed by atoms with Gasteiger partial charge in [0.25, 0.3) is 10.0 Å². The van der Waals surface area contributed by atoms with Crippen molar-refractivity contribution in [3.05, 3.63) is 108 Å². The number of carbonyl (C=O) groups is 1. The Labute approximate surface area is 209 Å². The van der Waals surface area contributed by atoms with Gasteiger partial charge in [0.2, 0.25) is 0 Å². The van der Waals surface area contributed by atoms with E-state index in [1.165, 1.54) is 28.6 Å². The predicted octanol–water partition coefficient (Wildman–Crippen LogP) is 5.22. The van der Waals surface area contributed by atoms with E-state index >= 15 is 0 Å². The third kappa shape index (κ3) is 4.76. The Morgan fingerprint density at radius 2 is 1.42 bits per heavy atom. The molecule has 1 heterocycles. The second kappa shape index (κ2) is 9.75. The molecule has 4 aromatic carbocycles. The molecule has 0 saturated heterocycles. The van der Waals surface area contributed by atoms with Gasteiger partial charge in [0, 0.05) is 0 Å². The first-order valence-corrected chi connectivity index (χ1v) is 12.8. The summed E-state index contributed by atoms with van der Waals surface area (Å²) in [7, 11) is -3.99. The largest absolute Gasteiger partial charge is 0.486 e. The van der Waals surface area contributed by atoms with Crippen molar-refractivity contribution in [1.82, 2.24) is 0 Å². The molecule has 182 valence electrons. The van der Waals surface area contributed by atoms with E-state index in [4.69, 9.17) is 9.47 Å². The van der Waals surface area contributed by atoms with Crippen molar-refractivity contribution in [2.24, 2.45) is 0 Å². The van der Waals surface area contributed by atoms with Gasteiger partial charge in [-0.1, -0.05) is 48.5 Å². The van der Waals surface area contributed by atoms with E-state index in [0.717, 1.165) is 11.1 Å². The number of carboxylic acids is 1. The summed E-state index contributed by atoms with van der Waals surface area (Å²) in [5.74, 6) is 0.0885. The first-order valence-electron chi connectivity index (χ1n) is 11.3. The molecule has 36 heavy (non-hydrogen) atoms. The molecule has 0 spiro atoms. The quantitative estimate of drug-likeness (QED) is 0.373. The number of anilines is 1. The molecule has 1 aliphatic heterocycles. The number of hydrogen-bond donors (Lipinski definition) is 1. The molecule has 0 amide bonds. The summed E-state index contributed by atoms with van der Waals surface area (Å²) in [6, 6.07) is 27.5.